The minimum Gasteiger partial charge on any atom is -0.465 e. The standard InChI is InChI=1S/C9H9ClN2O2/c1-9(2-3-14-8(9)13)6-4-11-5-7(10)12-6/h4-5H,2-3H2,1H3. The van der Waals surface area contributed by atoms with Crippen molar-refractivity contribution in [3.8, 4) is 0 Å². The largest absolute Gasteiger partial charge is 0.465 e. The van der Waals surface area contributed by atoms with Gasteiger partial charge in [-0.2, -0.15) is 0 Å². The van der Waals surface area contributed by atoms with Crippen LogP contribution in [0, 0.1) is 0 Å². The van der Waals surface area contributed by atoms with Crippen LogP contribution in [0.15, 0.2) is 12.4 Å². The lowest BCUT2D eigenvalue weighted by Gasteiger charge is -2.17. The molecule has 0 radical (unpaired) electrons. The predicted molar refractivity (Wildman–Crippen MR) is 50.0 cm³/mol. The molecule has 2 rings (SSSR count). The molecule has 2 heterocycles. The molecular formula is C9H9ClN2O2. The van der Waals surface area contributed by atoms with Gasteiger partial charge in [0.15, 0.2) is 0 Å². The number of nitrogens with zero attached hydrogens (tertiary/aromatic N) is 2. The van der Waals surface area contributed by atoms with Crippen molar-refractivity contribution >= 4 is 17.6 Å². The maximum Gasteiger partial charge on any atom is 0.318 e. The van der Waals surface area contributed by atoms with E-state index in [1.165, 1.54) is 6.20 Å². The summed E-state index contributed by atoms with van der Waals surface area (Å²) in [4.78, 5) is 19.5. The third kappa shape index (κ3) is 1.35. The molecule has 0 amide bonds. The highest BCUT2D eigenvalue weighted by Gasteiger charge is 2.43. The summed E-state index contributed by atoms with van der Waals surface area (Å²) >= 11 is 5.71. The summed E-state index contributed by atoms with van der Waals surface area (Å²) in [6.07, 6.45) is 3.62. The van der Waals surface area contributed by atoms with E-state index in [9.17, 15) is 4.79 Å². The zero-order valence-corrected chi connectivity index (χ0v) is 8.41. The zero-order chi connectivity index (χ0) is 10.2. The number of halogens is 1. The molecule has 5 heteroatoms. The molecule has 4 nitrogen and oxygen atoms in total. The van der Waals surface area contributed by atoms with E-state index in [2.05, 4.69) is 9.97 Å². The van der Waals surface area contributed by atoms with Gasteiger partial charge < -0.3 is 4.74 Å². The molecule has 1 atom stereocenters. The Morgan fingerprint density at radius 2 is 2.36 bits per heavy atom. The molecule has 14 heavy (non-hydrogen) atoms. The Morgan fingerprint density at radius 3 is 2.93 bits per heavy atom. The first-order chi connectivity index (χ1) is 6.63. The molecule has 0 saturated carbocycles. The highest BCUT2D eigenvalue weighted by molar-refractivity contribution is 6.29. The molecule has 0 aliphatic carbocycles. The average Bonchev–Trinajstić information content (AvgIpc) is 2.49. The van der Waals surface area contributed by atoms with Gasteiger partial charge >= 0.3 is 5.97 Å². The minimum absolute atomic E-state index is 0.255. The van der Waals surface area contributed by atoms with E-state index >= 15 is 0 Å². The first-order valence-corrected chi connectivity index (χ1v) is 4.66. The van der Waals surface area contributed by atoms with E-state index < -0.39 is 5.41 Å². The minimum atomic E-state index is -0.683. The molecule has 1 aromatic rings. The van der Waals surface area contributed by atoms with Crippen molar-refractivity contribution in [2.45, 2.75) is 18.8 Å². The lowest BCUT2D eigenvalue weighted by molar-refractivity contribution is -0.142. The topological polar surface area (TPSA) is 52.1 Å². The Labute approximate surface area is 86.3 Å². The number of hydrogen-bond acceptors (Lipinski definition) is 4. The Kier molecular flexibility index (Phi) is 2.15. The highest BCUT2D eigenvalue weighted by atomic mass is 35.5. The summed E-state index contributed by atoms with van der Waals surface area (Å²) in [7, 11) is 0. The maximum atomic E-state index is 11.5. The SMILES string of the molecule is CC1(c2cncc(Cl)n2)CCOC1=O. The first-order valence-electron chi connectivity index (χ1n) is 4.28. The van der Waals surface area contributed by atoms with Gasteiger partial charge in [0.1, 0.15) is 10.6 Å². The number of cyclic esters (lactones) is 1. The van der Waals surface area contributed by atoms with Gasteiger partial charge in [0, 0.05) is 12.6 Å². The van der Waals surface area contributed by atoms with Gasteiger partial charge in [-0.05, 0) is 6.92 Å². The third-order valence-electron chi connectivity index (χ3n) is 2.46. The fraction of sp³-hybridized carbons (Fsp3) is 0.444. The third-order valence-corrected chi connectivity index (χ3v) is 2.64. The monoisotopic (exact) mass is 212 g/mol. The van der Waals surface area contributed by atoms with Gasteiger partial charge in [0.2, 0.25) is 0 Å². The molecule has 0 bridgehead atoms. The van der Waals surface area contributed by atoms with Gasteiger partial charge in [0.05, 0.1) is 18.5 Å². The van der Waals surface area contributed by atoms with Gasteiger partial charge in [-0.25, -0.2) is 4.98 Å². The molecule has 1 aromatic heterocycles. The van der Waals surface area contributed by atoms with Crippen LogP contribution in [-0.2, 0) is 14.9 Å². The van der Waals surface area contributed by atoms with Crippen molar-refractivity contribution in [2.75, 3.05) is 6.61 Å². The fourth-order valence-electron chi connectivity index (χ4n) is 1.45. The van der Waals surface area contributed by atoms with Crippen molar-refractivity contribution in [1.29, 1.82) is 0 Å². The molecular weight excluding hydrogens is 204 g/mol. The summed E-state index contributed by atoms with van der Waals surface area (Å²) < 4.78 is 4.91. The molecule has 1 unspecified atom stereocenters. The van der Waals surface area contributed by atoms with Crippen LogP contribution in [0.1, 0.15) is 19.0 Å². The van der Waals surface area contributed by atoms with E-state index in [0.717, 1.165) is 0 Å². The van der Waals surface area contributed by atoms with Crippen LogP contribution in [0.5, 0.6) is 0 Å². The molecule has 1 aliphatic rings. The lowest BCUT2D eigenvalue weighted by Crippen LogP contribution is -2.28. The number of carbonyl (C=O) groups is 1. The highest BCUT2D eigenvalue weighted by Crippen LogP contribution is 2.32. The Hall–Kier alpha value is -1.16. The number of rotatable bonds is 1. The van der Waals surface area contributed by atoms with Gasteiger partial charge in [0.25, 0.3) is 0 Å². The van der Waals surface area contributed by atoms with E-state index in [0.29, 0.717) is 23.9 Å². The van der Waals surface area contributed by atoms with Crippen molar-refractivity contribution in [3.63, 3.8) is 0 Å². The second kappa shape index (κ2) is 3.20. The second-order valence-electron chi connectivity index (χ2n) is 3.45. The van der Waals surface area contributed by atoms with Crippen LogP contribution in [0.25, 0.3) is 0 Å². The molecule has 0 N–H and O–H groups in total. The summed E-state index contributed by atoms with van der Waals surface area (Å²) in [6, 6.07) is 0. The quantitative estimate of drug-likeness (QED) is 0.660. The van der Waals surface area contributed by atoms with Crippen LogP contribution in [0.3, 0.4) is 0 Å². The van der Waals surface area contributed by atoms with Crippen molar-refractivity contribution in [1.82, 2.24) is 9.97 Å². The number of hydrogen-bond donors (Lipinski definition) is 0. The number of ether oxygens (including phenoxy) is 1. The molecule has 74 valence electrons. The molecule has 1 aliphatic heterocycles. The van der Waals surface area contributed by atoms with Crippen LogP contribution in [-0.4, -0.2) is 22.5 Å². The second-order valence-corrected chi connectivity index (χ2v) is 3.83. The Morgan fingerprint density at radius 1 is 1.57 bits per heavy atom. The Balaban J connectivity index is 2.43. The first kappa shape index (κ1) is 9.40. The number of carbonyl (C=O) groups excluding carboxylic acids is 1. The number of esters is 1. The van der Waals surface area contributed by atoms with E-state index in [4.69, 9.17) is 16.3 Å². The molecule has 1 saturated heterocycles. The van der Waals surface area contributed by atoms with Crippen molar-refractivity contribution in [2.24, 2.45) is 0 Å². The van der Waals surface area contributed by atoms with Crippen LogP contribution < -0.4 is 0 Å². The van der Waals surface area contributed by atoms with Gasteiger partial charge in [-0.15, -0.1) is 0 Å². The predicted octanol–water partition coefficient (Wildman–Crippen LogP) is 1.33. The van der Waals surface area contributed by atoms with Gasteiger partial charge in [-0.1, -0.05) is 11.6 Å². The van der Waals surface area contributed by atoms with Gasteiger partial charge in [-0.3, -0.25) is 9.78 Å². The van der Waals surface area contributed by atoms with Crippen LogP contribution in [0.2, 0.25) is 5.15 Å². The lowest BCUT2D eigenvalue weighted by atomic mass is 9.86. The summed E-state index contributed by atoms with van der Waals surface area (Å²) in [6.45, 7) is 2.23. The van der Waals surface area contributed by atoms with E-state index in [1.807, 2.05) is 0 Å². The summed E-state index contributed by atoms with van der Waals surface area (Å²) in [5.41, 5.74) is -0.106. The zero-order valence-electron chi connectivity index (χ0n) is 7.66. The Bertz CT molecular complexity index is 383. The fourth-order valence-corrected chi connectivity index (χ4v) is 1.60. The van der Waals surface area contributed by atoms with Crippen LogP contribution >= 0.6 is 11.6 Å². The smallest absolute Gasteiger partial charge is 0.318 e. The normalized spacial score (nSPS) is 26.3. The molecule has 0 aromatic carbocycles. The molecule has 0 spiro atoms. The maximum absolute atomic E-state index is 11.5. The van der Waals surface area contributed by atoms with E-state index in [-0.39, 0.29) is 5.97 Å². The number of aromatic nitrogens is 2. The van der Waals surface area contributed by atoms with E-state index in [1.54, 1.807) is 13.1 Å². The van der Waals surface area contributed by atoms with Crippen molar-refractivity contribution < 1.29 is 9.53 Å². The van der Waals surface area contributed by atoms with Crippen LogP contribution in [0.4, 0.5) is 0 Å². The summed E-state index contributed by atoms with van der Waals surface area (Å²) in [5.74, 6) is -0.255. The average molecular weight is 213 g/mol. The van der Waals surface area contributed by atoms with Crippen molar-refractivity contribution in [3.05, 3.63) is 23.2 Å². The summed E-state index contributed by atoms with van der Waals surface area (Å²) in [5, 5.41) is 0.295. The molecule has 1 fully saturated rings.